The summed E-state index contributed by atoms with van der Waals surface area (Å²) in [6.45, 7) is 5.60. The second-order valence-electron chi connectivity index (χ2n) is 4.86. The topological polar surface area (TPSA) is 42.4 Å². The molecule has 2 heterocycles. The molecule has 1 atom stereocenters. The molecule has 0 radical (unpaired) electrons. The Hall–Kier alpha value is -1.00. The first-order valence-corrected chi connectivity index (χ1v) is 6.15. The molecule has 94 valence electrons. The van der Waals surface area contributed by atoms with Crippen molar-refractivity contribution in [2.45, 2.75) is 19.9 Å². The molecule has 0 spiro atoms. The minimum absolute atomic E-state index is 0.166. The molecular weight excluding hydrogens is 236 g/mol. The summed E-state index contributed by atoms with van der Waals surface area (Å²) < 4.78 is 0. The average molecular weight is 255 g/mol. The highest BCUT2D eigenvalue weighted by molar-refractivity contribution is 6.30. The van der Waals surface area contributed by atoms with Gasteiger partial charge in [0.05, 0.1) is 16.8 Å². The van der Waals surface area contributed by atoms with Crippen molar-refractivity contribution in [1.82, 2.24) is 15.1 Å². The van der Waals surface area contributed by atoms with Crippen molar-refractivity contribution in [3.05, 3.63) is 22.1 Å². The van der Waals surface area contributed by atoms with E-state index in [-0.39, 0.29) is 6.04 Å². The van der Waals surface area contributed by atoms with E-state index in [0.29, 0.717) is 5.71 Å². The van der Waals surface area contributed by atoms with Crippen LogP contribution >= 0.6 is 11.6 Å². The molecule has 0 aliphatic carbocycles. The molecule has 2 aliphatic rings. The van der Waals surface area contributed by atoms with Crippen LogP contribution in [0.5, 0.6) is 0 Å². The van der Waals surface area contributed by atoms with Crippen LogP contribution in [0.15, 0.2) is 22.1 Å². The van der Waals surface area contributed by atoms with E-state index in [1.807, 2.05) is 21.0 Å². The first-order valence-electron chi connectivity index (χ1n) is 5.77. The van der Waals surface area contributed by atoms with Gasteiger partial charge >= 0.3 is 0 Å². The van der Waals surface area contributed by atoms with Gasteiger partial charge in [-0.2, -0.15) is 0 Å². The van der Waals surface area contributed by atoms with Crippen LogP contribution in [0.4, 0.5) is 0 Å². The molecule has 2 aliphatic heterocycles. The summed E-state index contributed by atoms with van der Waals surface area (Å²) in [6.07, 6.45) is 0. The van der Waals surface area contributed by atoms with Crippen LogP contribution in [0.1, 0.15) is 13.8 Å². The number of hydrogen-bond acceptors (Lipinski definition) is 4. The van der Waals surface area contributed by atoms with Crippen molar-refractivity contribution in [2.75, 3.05) is 27.2 Å². The van der Waals surface area contributed by atoms with Crippen LogP contribution in [0.2, 0.25) is 0 Å². The maximum absolute atomic E-state index is 8.03. The van der Waals surface area contributed by atoms with Crippen LogP contribution in [0.3, 0.4) is 0 Å². The summed E-state index contributed by atoms with van der Waals surface area (Å²) in [5.41, 5.74) is 2.76. The second-order valence-corrected chi connectivity index (χ2v) is 5.27. The molecule has 17 heavy (non-hydrogen) atoms. The number of likely N-dealkylation sites (tertiary alicyclic amines) is 1. The van der Waals surface area contributed by atoms with Crippen molar-refractivity contribution in [1.29, 1.82) is 5.41 Å². The molecule has 5 heteroatoms. The van der Waals surface area contributed by atoms with Crippen LogP contribution in [0.25, 0.3) is 0 Å². The standard InChI is InChI=1S/C12H19ClN4/c1-7-11(13)8(2)17(4)12(15-7)9-5-16(3)6-10(9)14/h8,14-15H,5-6H2,1-4H3/b12-9+,14-10?. The molecule has 0 amide bonds. The number of nitrogens with one attached hydrogen (secondary N) is 2. The third kappa shape index (κ3) is 2.07. The Morgan fingerprint density at radius 2 is 2.00 bits per heavy atom. The van der Waals surface area contributed by atoms with Gasteiger partial charge in [0.15, 0.2) is 0 Å². The van der Waals surface area contributed by atoms with E-state index >= 15 is 0 Å². The van der Waals surface area contributed by atoms with Gasteiger partial charge in [0.2, 0.25) is 0 Å². The van der Waals surface area contributed by atoms with Gasteiger partial charge in [0, 0.05) is 31.4 Å². The monoisotopic (exact) mass is 254 g/mol. The van der Waals surface area contributed by atoms with E-state index in [0.717, 1.165) is 35.2 Å². The first-order chi connectivity index (χ1) is 7.91. The Balaban J connectivity index is 2.41. The fourth-order valence-electron chi connectivity index (χ4n) is 2.30. The number of likely N-dealkylation sites (N-methyl/N-ethyl adjacent to an activating group) is 2. The van der Waals surface area contributed by atoms with E-state index in [4.69, 9.17) is 17.0 Å². The Kier molecular flexibility index (Phi) is 3.19. The lowest BCUT2D eigenvalue weighted by Gasteiger charge is -2.36. The third-order valence-corrected chi connectivity index (χ3v) is 4.07. The highest BCUT2D eigenvalue weighted by atomic mass is 35.5. The zero-order valence-corrected chi connectivity index (χ0v) is 11.5. The molecule has 0 saturated carbocycles. The summed E-state index contributed by atoms with van der Waals surface area (Å²) in [7, 11) is 4.05. The summed E-state index contributed by atoms with van der Waals surface area (Å²) in [5.74, 6) is 1.02. The van der Waals surface area contributed by atoms with Crippen molar-refractivity contribution < 1.29 is 0 Å². The third-order valence-electron chi connectivity index (χ3n) is 3.47. The quantitative estimate of drug-likeness (QED) is 0.690. The van der Waals surface area contributed by atoms with E-state index in [2.05, 4.69) is 22.0 Å². The summed E-state index contributed by atoms with van der Waals surface area (Å²) >= 11 is 6.24. The lowest BCUT2D eigenvalue weighted by molar-refractivity contribution is 0.324. The highest BCUT2D eigenvalue weighted by Gasteiger charge is 2.30. The molecule has 0 bridgehead atoms. The highest BCUT2D eigenvalue weighted by Crippen LogP contribution is 2.28. The van der Waals surface area contributed by atoms with Gasteiger partial charge in [0.25, 0.3) is 0 Å². The zero-order chi connectivity index (χ0) is 12.7. The molecule has 2 N–H and O–H groups in total. The molecule has 4 nitrogen and oxygen atoms in total. The number of hydrogen-bond donors (Lipinski definition) is 2. The van der Waals surface area contributed by atoms with Crippen molar-refractivity contribution in [3.63, 3.8) is 0 Å². The molecule has 1 unspecified atom stereocenters. The predicted octanol–water partition coefficient (Wildman–Crippen LogP) is 1.56. The zero-order valence-electron chi connectivity index (χ0n) is 10.8. The van der Waals surface area contributed by atoms with E-state index in [1.165, 1.54) is 0 Å². The fraction of sp³-hybridized carbons (Fsp3) is 0.583. The SMILES string of the molecule is CC1=C(Cl)C(C)N(C)/C(=C2\CN(C)CC2=N)N1. The van der Waals surface area contributed by atoms with Gasteiger partial charge in [0.1, 0.15) is 5.82 Å². The Labute approximate surface area is 107 Å². The van der Waals surface area contributed by atoms with Gasteiger partial charge in [-0.3, -0.25) is 4.90 Å². The number of allylic oxidation sites excluding steroid dienone is 1. The van der Waals surface area contributed by atoms with Crippen LogP contribution in [-0.2, 0) is 0 Å². The lowest BCUT2D eigenvalue weighted by Crippen LogP contribution is -2.42. The van der Waals surface area contributed by atoms with Crippen molar-refractivity contribution >= 4 is 17.3 Å². The van der Waals surface area contributed by atoms with E-state index in [9.17, 15) is 0 Å². The summed E-state index contributed by atoms with van der Waals surface area (Å²) in [5, 5.41) is 12.2. The largest absolute Gasteiger partial charge is 0.353 e. The van der Waals surface area contributed by atoms with Crippen molar-refractivity contribution in [2.24, 2.45) is 0 Å². The average Bonchev–Trinajstić information content (AvgIpc) is 2.60. The minimum Gasteiger partial charge on any atom is -0.353 e. The number of nitrogens with zero attached hydrogens (tertiary/aromatic N) is 2. The summed E-state index contributed by atoms with van der Waals surface area (Å²) in [4.78, 5) is 4.25. The number of halogens is 1. The summed E-state index contributed by atoms with van der Waals surface area (Å²) in [6, 6.07) is 0.166. The predicted molar refractivity (Wildman–Crippen MR) is 71.2 cm³/mol. The molecule has 2 rings (SSSR count). The van der Waals surface area contributed by atoms with Gasteiger partial charge < -0.3 is 15.6 Å². The maximum atomic E-state index is 8.03. The minimum atomic E-state index is 0.166. The molecule has 1 fully saturated rings. The lowest BCUT2D eigenvalue weighted by atomic mass is 10.1. The van der Waals surface area contributed by atoms with Gasteiger partial charge in [-0.1, -0.05) is 11.6 Å². The van der Waals surface area contributed by atoms with Crippen LogP contribution in [-0.4, -0.2) is 48.7 Å². The molecule has 0 aromatic carbocycles. The van der Waals surface area contributed by atoms with Crippen LogP contribution < -0.4 is 5.32 Å². The van der Waals surface area contributed by atoms with Gasteiger partial charge in [-0.15, -0.1) is 0 Å². The molecule has 1 saturated heterocycles. The van der Waals surface area contributed by atoms with E-state index < -0.39 is 0 Å². The fourth-order valence-corrected chi connectivity index (χ4v) is 2.49. The van der Waals surface area contributed by atoms with Gasteiger partial charge in [-0.25, -0.2) is 0 Å². The second kappa shape index (κ2) is 4.35. The normalized spacial score (nSPS) is 31.2. The molecule has 0 aromatic rings. The smallest absolute Gasteiger partial charge is 0.112 e. The van der Waals surface area contributed by atoms with E-state index in [1.54, 1.807) is 0 Å². The Morgan fingerprint density at radius 3 is 2.53 bits per heavy atom. The van der Waals surface area contributed by atoms with Crippen molar-refractivity contribution in [3.8, 4) is 0 Å². The first kappa shape index (κ1) is 12.5. The molecular formula is C12H19ClN4. The Morgan fingerprint density at radius 1 is 1.35 bits per heavy atom. The molecule has 0 aromatic heterocycles. The van der Waals surface area contributed by atoms with Crippen LogP contribution in [0, 0.1) is 5.41 Å². The Bertz CT molecular complexity index is 424. The van der Waals surface area contributed by atoms with Gasteiger partial charge in [-0.05, 0) is 20.9 Å². The maximum Gasteiger partial charge on any atom is 0.112 e. The number of rotatable bonds is 0.